The van der Waals surface area contributed by atoms with Gasteiger partial charge in [-0.2, -0.15) is 0 Å². The second kappa shape index (κ2) is 4.70. The fourth-order valence-corrected chi connectivity index (χ4v) is 3.43. The largest absolute Gasteiger partial charge is 0.478 e. The molecule has 4 heteroatoms. The maximum atomic E-state index is 11.3. The average Bonchev–Trinajstić information content (AvgIpc) is 2.85. The number of carbonyl (C=O) groups is 1. The molecule has 0 saturated carbocycles. The van der Waals surface area contributed by atoms with Crippen molar-refractivity contribution >= 4 is 23.0 Å². The van der Waals surface area contributed by atoms with Crippen LogP contribution in [0.2, 0.25) is 0 Å². The number of fused-ring (bicyclic) bond motifs is 1. The van der Waals surface area contributed by atoms with Crippen LogP contribution in [-0.4, -0.2) is 17.6 Å². The van der Waals surface area contributed by atoms with E-state index in [4.69, 9.17) is 0 Å². The highest BCUT2D eigenvalue weighted by Gasteiger charge is 2.21. The molecule has 2 aromatic rings. The second-order valence-corrected chi connectivity index (χ2v) is 5.87. The summed E-state index contributed by atoms with van der Waals surface area (Å²) in [6, 6.07) is 7.67. The van der Waals surface area contributed by atoms with Crippen LogP contribution in [0.15, 0.2) is 29.6 Å². The third-order valence-electron chi connectivity index (χ3n) is 3.53. The zero-order valence-electron chi connectivity index (χ0n) is 10.7. The predicted octanol–water partition coefficient (Wildman–Crippen LogP) is 3.32. The molecule has 98 valence electrons. The Morgan fingerprint density at radius 2 is 2.21 bits per heavy atom. The number of thiophene rings is 1. The van der Waals surface area contributed by atoms with Crippen molar-refractivity contribution in [1.29, 1.82) is 0 Å². The van der Waals surface area contributed by atoms with Crippen LogP contribution in [0.4, 0.5) is 5.69 Å². The van der Waals surface area contributed by atoms with Crippen molar-refractivity contribution in [2.75, 3.05) is 11.4 Å². The number of hydrogen-bond acceptors (Lipinski definition) is 3. The Labute approximate surface area is 116 Å². The molecule has 3 nitrogen and oxygen atoms in total. The molecule has 1 aromatic heterocycles. The summed E-state index contributed by atoms with van der Waals surface area (Å²) >= 11 is 1.79. The fraction of sp³-hybridized carbons (Fsp3) is 0.267. The maximum absolute atomic E-state index is 11.3. The van der Waals surface area contributed by atoms with Crippen LogP contribution in [0.25, 0.3) is 0 Å². The molecule has 3 rings (SSSR count). The lowest BCUT2D eigenvalue weighted by Gasteiger charge is -2.30. The highest BCUT2D eigenvalue weighted by atomic mass is 32.1. The van der Waals surface area contributed by atoms with Gasteiger partial charge in [-0.25, -0.2) is 4.79 Å². The summed E-state index contributed by atoms with van der Waals surface area (Å²) in [4.78, 5) is 15.0. The van der Waals surface area contributed by atoms with Crippen molar-refractivity contribution in [3.63, 3.8) is 0 Å². The molecule has 2 heterocycles. The van der Waals surface area contributed by atoms with E-state index in [0.29, 0.717) is 5.56 Å². The van der Waals surface area contributed by atoms with E-state index in [0.717, 1.165) is 30.8 Å². The summed E-state index contributed by atoms with van der Waals surface area (Å²) in [5.74, 6) is -0.855. The molecule has 0 saturated heterocycles. The van der Waals surface area contributed by atoms with E-state index in [1.807, 2.05) is 19.1 Å². The lowest BCUT2D eigenvalue weighted by atomic mass is 10.0. The van der Waals surface area contributed by atoms with Gasteiger partial charge in [0.25, 0.3) is 0 Å². The van der Waals surface area contributed by atoms with Gasteiger partial charge >= 0.3 is 5.97 Å². The SMILES string of the molecule is Cc1ccc(C(=O)O)c(N2CCc3sccc3C2)c1. The van der Waals surface area contributed by atoms with E-state index in [2.05, 4.69) is 16.3 Å². The molecule has 0 fully saturated rings. The number of hydrogen-bond donors (Lipinski definition) is 1. The first-order chi connectivity index (χ1) is 9.15. The van der Waals surface area contributed by atoms with Crippen molar-refractivity contribution in [2.45, 2.75) is 19.9 Å². The Balaban J connectivity index is 1.99. The number of aryl methyl sites for hydroxylation is 1. The molecule has 0 aliphatic carbocycles. The van der Waals surface area contributed by atoms with Gasteiger partial charge in [0.1, 0.15) is 0 Å². The molecule has 1 aromatic carbocycles. The summed E-state index contributed by atoms with van der Waals surface area (Å²) in [6.45, 7) is 3.69. The van der Waals surface area contributed by atoms with Crippen LogP contribution in [0.5, 0.6) is 0 Å². The zero-order chi connectivity index (χ0) is 13.4. The number of carboxylic acid groups (broad SMARTS) is 1. The topological polar surface area (TPSA) is 40.5 Å². The molecule has 19 heavy (non-hydrogen) atoms. The van der Waals surface area contributed by atoms with Crippen molar-refractivity contribution in [3.05, 3.63) is 51.2 Å². The standard InChI is InChI=1S/C15H15NO2S/c1-10-2-3-12(15(17)18)13(8-10)16-6-4-14-11(9-16)5-7-19-14/h2-3,5,7-8H,4,6,9H2,1H3,(H,17,18). The Morgan fingerprint density at radius 1 is 1.37 bits per heavy atom. The molecule has 0 unspecified atom stereocenters. The molecule has 0 spiro atoms. The summed E-state index contributed by atoms with van der Waals surface area (Å²) in [7, 11) is 0. The molecule has 0 radical (unpaired) electrons. The van der Waals surface area contributed by atoms with Gasteiger partial charge in [-0.3, -0.25) is 0 Å². The zero-order valence-corrected chi connectivity index (χ0v) is 11.5. The Bertz CT molecular complexity index is 633. The van der Waals surface area contributed by atoms with Crippen LogP contribution in [-0.2, 0) is 13.0 Å². The quantitative estimate of drug-likeness (QED) is 0.912. The summed E-state index contributed by atoms with van der Waals surface area (Å²) in [5.41, 5.74) is 3.65. The van der Waals surface area contributed by atoms with Gasteiger partial charge in [-0.05, 0) is 48.1 Å². The summed E-state index contributed by atoms with van der Waals surface area (Å²) in [5, 5.41) is 11.4. The molecule has 0 atom stereocenters. The first-order valence-electron chi connectivity index (χ1n) is 6.29. The van der Waals surface area contributed by atoms with Crippen LogP contribution < -0.4 is 4.90 Å². The molecule has 0 amide bonds. The third kappa shape index (κ3) is 2.24. The van der Waals surface area contributed by atoms with E-state index in [-0.39, 0.29) is 0 Å². The molecular weight excluding hydrogens is 258 g/mol. The van der Waals surface area contributed by atoms with Gasteiger partial charge in [-0.1, -0.05) is 6.07 Å². The molecule has 1 N–H and O–H groups in total. The van der Waals surface area contributed by atoms with Crippen molar-refractivity contribution in [2.24, 2.45) is 0 Å². The van der Waals surface area contributed by atoms with Gasteiger partial charge in [0.2, 0.25) is 0 Å². The Kier molecular flexibility index (Phi) is 3.03. The minimum atomic E-state index is -0.855. The first kappa shape index (κ1) is 12.2. The van der Waals surface area contributed by atoms with Crippen LogP contribution >= 0.6 is 11.3 Å². The van der Waals surface area contributed by atoms with E-state index in [1.165, 1.54) is 10.4 Å². The van der Waals surface area contributed by atoms with Gasteiger partial charge in [0, 0.05) is 18.0 Å². The predicted molar refractivity (Wildman–Crippen MR) is 77.2 cm³/mol. The second-order valence-electron chi connectivity index (χ2n) is 4.87. The molecule has 1 aliphatic heterocycles. The third-order valence-corrected chi connectivity index (χ3v) is 4.55. The number of benzene rings is 1. The lowest BCUT2D eigenvalue weighted by molar-refractivity contribution is 0.0697. The van der Waals surface area contributed by atoms with Crippen molar-refractivity contribution in [1.82, 2.24) is 0 Å². The number of carboxylic acids is 1. The minimum absolute atomic E-state index is 0.393. The van der Waals surface area contributed by atoms with E-state index < -0.39 is 5.97 Å². The van der Waals surface area contributed by atoms with E-state index >= 15 is 0 Å². The number of rotatable bonds is 2. The Hall–Kier alpha value is -1.81. The highest BCUT2D eigenvalue weighted by Crippen LogP contribution is 2.30. The molecule has 0 bridgehead atoms. The van der Waals surface area contributed by atoms with Gasteiger partial charge in [-0.15, -0.1) is 11.3 Å². The highest BCUT2D eigenvalue weighted by molar-refractivity contribution is 7.10. The minimum Gasteiger partial charge on any atom is -0.478 e. The van der Waals surface area contributed by atoms with Crippen molar-refractivity contribution in [3.8, 4) is 0 Å². The van der Waals surface area contributed by atoms with Crippen LogP contribution in [0.1, 0.15) is 26.4 Å². The molecule has 1 aliphatic rings. The first-order valence-corrected chi connectivity index (χ1v) is 7.17. The van der Waals surface area contributed by atoms with E-state index in [9.17, 15) is 9.90 Å². The van der Waals surface area contributed by atoms with Gasteiger partial charge in [0.15, 0.2) is 0 Å². The summed E-state index contributed by atoms with van der Waals surface area (Å²) < 4.78 is 0. The van der Waals surface area contributed by atoms with Crippen LogP contribution in [0.3, 0.4) is 0 Å². The summed E-state index contributed by atoms with van der Waals surface area (Å²) in [6.07, 6.45) is 1.00. The smallest absolute Gasteiger partial charge is 0.337 e. The van der Waals surface area contributed by atoms with E-state index in [1.54, 1.807) is 17.4 Å². The fourth-order valence-electron chi connectivity index (χ4n) is 2.54. The average molecular weight is 273 g/mol. The van der Waals surface area contributed by atoms with Crippen LogP contribution in [0, 0.1) is 6.92 Å². The monoisotopic (exact) mass is 273 g/mol. The normalized spacial score (nSPS) is 14.3. The lowest BCUT2D eigenvalue weighted by Crippen LogP contribution is -2.30. The maximum Gasteiger partial charge on any atom is 0.337 e. The Morgan fingerprint density at radius 3 is 3.00 bits per heavy atom. The number of nitrogens with zero attached hydrogens (tertiary/aromatic N) is 1. The van der Waals surface area contributed by atoms with Gasteiger partial charge < -0.3 is 10.0 Å². The van der Waals surface area contributed by atoms with Crippen molar-refractivity contribution < 1.29 is 9.90 Å². The number of anilines is 1. The van der Waals surface area contributed by atoms with Gasteiger partial charge in [0.05, 0.1) is 11.3 Å². The molecular formula is C15H15NO2S. The number of aromatic carboxylic acids is 1.